The van der Waals surface area contributed by atoms with Crippen molar-refractivity contribution in [3.8, 4) is 11.5 Å². The van der Waals surface area contributed by atoms with Crippen molar-refractivity contribution >= 4 is 5.91 Å². The van der Waals surface area contributed by atoms with Gasteiger partial charge >= 0.3 is 0 Å². The number of hydrogen-bond acceptors (Lipinski definition) is 4. The van der Waals surface area contributed by atoms with Gasteiger partial charge in [0.2, 0.25) is 0 Å². The second-order valence-corrected chi connectivity index (χ2v) is 5.60. The predicted octanol–water partition coefficient (Wildman–Crippen LogP) is 3.60. The summed E-state index contributed by atoms with van der Waals surface area (Å²) in [6.07, 6.45) is 0.790. The number of carbonyl (C=O) groups excluding carboxylic acids is 1. The smallest absolute Gasteiger partial charge is 0.251 e. The largest absolute Gasteiger partial charge is 0.493 e. The number of amides is 1. The van der Waals surface area contributed by atoms with E-state index in [4.69, 9.17) is 14.2 Å². The summed E-state index contributed by atoms with van der Waals surface area (Å²) in [5.74, 6) is 0.995. The van der Waals surface area contributed by atoms with Gasteiger partial charge in [-0.05, 0) is 37.1 Å². The predicted molar refractivity (Wildman–Crippen MR) is 97.3 cm³/mol. The number of ether oxygens (including phenoxy) is 3. The van der Waals surface area contributed by atoms with E-state index in [0.717, 1.165) is 12.0 Å². The van der Waals surface area contributed by atoms with Gasteiger partial charge < -0.3 is 19.5 Å². The SMILES string of the molecule is COc1ccc(C(=O)NCCCOC(C)c2ccccc2)cc1OC. The minimum atomic E-state index is -0.142. The number of hydrogen-bond donors (Lipinski definition) is 1. The van der Waals surface area contributed by atoms with E-state index in [2.05, 4.69) is 5.32 Å². The molecular weight excluding hydrogens is 318 g/mol. The van der Waals surface area contributed by atoms with Crippen molar-refractivity contribution in [2.45, 2.75) is 19.4 Å². The molecule has 0 heterocycles. The highest BCUT2D eigenvalue weighted by Gasteiger charge is 2.10. The Kier molecular flexibility index (Phi) is 7.29. The van der Waals surface area contributed by atoms with Crippen molar-refractivity contribution in [2.75, 3.05) is 27.4 Å². The van der Waals surface area contributed by atoms with Gasteiger partial charge in [-0.2, -0.15) is 0 Å². The Bertz CT molecular complexity index is 673. The second-order valence-electron chi connectivity index (χ2n) is 5.60. The van der Waals surface area contributed by atoms with Crippen LogP contribution in [0.2, 0.25) is 0 Å². The Morgan fingerprint density at radius 3 is 2.44 bits per heavy atom. The molecule has 2 aromatic rings. The minimum Gasteiger partial charge on any atom is -0.493 e. The van der Waals surface area contributed by atoms with Gasteiger partial charge in [0, 0.05) is 18.7 Å². The topological polar surface area (TPSA) is 56.8 Å². The van der Waals surface area contributed by atoms with Crippen LogP contribution in [0.3, 0.4) is 0 Å². The molecule has 0 aliphatic heterocycles. The highest BCUT2D eigenvalue weighted by Crippen LogP contribution is 2.27. The van der Waals surface area contributed by atoms with Crippen LogP contribution in [0.1, 0.15) is 35.4 Å². The molecule has 0 aliphatic rings. The van der Waals surface area contributed by atoms with Crippen LogP contribution in [0.4, 0.5) is 0 Å². The van der Waals surface area contributed by atoms with Crippen molar-refractivity contribution in [3.63, 3.8) is 0 Å². The van der Waals surface area contributed by atoms with Crippen LogP contribution in [-0.2, 0) is 4.74 Å². The lowest BCUT2D eigenvalue weighted by Gasteiger charge is -2.13. The molecule has 0 radical (unpaired) electrons. The van der Waals surface area contributed by atoms with E-state index in [0.29, 0.717) is 30.2 Å². The van der Waals surface area contributed by atoms with Crippen molar-refractivity contribution < 1.29 is 19.0 Å². The van der Waals surface area contributed by atoms with Crippen molar-refractivity contribution in [1.82, 2.24) is 5.32 Å². The molecule has 1 N–H and O–H groups in total. The second kappa shape index (κ2) is 9.69. The van der Waals surface area contributed by atoms with Gasteiger partial charge in [0.15, 0.2) is 11.5 Å². The summed E-state index contributed by atoms with van der Waals surface area (Å²) in [6.45, 7) is 3.16. The van der Waals surface area contributed by atoms with Gasteiger partial charge in [0.05, 0.1) is 20.3 Å². The van der Waals surface area contributed by atoms with E-state index >= 15 is 0 Å². The molecule has 0 bridgehead atoms. The molecule has 0 saturated heterocycles. The molecule has 1 unspecified atom stereocenters. The summed E-state index contributed by atoms with van der Waals surface area (Å²) in [7, 11) is 3.11. The zero-order chi connectivity index (χ0) is 18.1. The average Bonchev–Trinajstić information content (AvgIpc) is 2.67. The third-order valence-electron chi connectivity index (χ3n) is 3.89. The maximum Gasteiger partial charge on any atom is 0.251 e. The molecule has 1 atom stereocenters. The third-order valence-corrected chi connectivity index (χ3v) is 3.89. The minimum absolute atomic E-state index is 0.0442. The standard InChI is InChI=1S/C20H25NO4/c1-15(16-8-5-4-6-9-16)25-13-7-12-21-20(22)17-10-11-18(23-2)19(14-17)24-3/h4-6,8-11,14-15H,7,12-13H2,1-3H3,(H,21,22). The number of rotatable bonds is 9. The Morgan fingerprint density at radius 2 is 1.76 bits per heavy atom. The number of benzene rings is 2. The summed E-state index contributed by atoms with van der Waals surface area (Å²) in [6, 6.07) is 15.2. The molecule has 2 rings (SSSR count). The molecule has 0 aromatic heterocycles. The quantitative estimate of drug-likeness (QED) is 0.707. The van der Waals surface area contributed by atoms with Crippen LogP contribution in [0.5, 0.6) is 11.5 Å². The molecular formula is C20H25NO4. The Hall–Kier alpha value is -2.53. The molecule has 0 aliphatic carbocycles. The lowest BCUT2D eigenvalue weighted by atomic mass is 10.1. The molecule has 5 nitrogen and oxygen atoms in total. The molecule has 0 spiro atoms. The van der Waals surface area contributed by atoms with Crippen LogP contribution < -0.4 is 14.8 Å². The molecule has 25 heavy (non-hydrogen) atoms. The Labute approximate surface area is 148 Å². The summed E-state index contributed by atoms with van der Waals surface area (Å²) >= 11 is 0. The van der Waals surface area contributed by atoms with Crippen LogP contribution in [0, 0.1) is 0 Å². The summed E-state index contributed by atoms with van der Waals surface area (Å²) < 4.78 is 16.2. The third kappa shape index (κ3) is 5.50. The van der Waals surface area contributed by atoms with E-state index in [1.165, 1.54) is 0 Å². The van der Waals surface area contributed by atoms with Crippen LogP contribution in [-0.4, -0.2) is 33.3 Å². The maximum absolute atomic E-state index is 12.2. The number of nitrogens with one attached hydrogen (secondary N) is 1. The van der Waals surface area contributed by atoms with Crippen LogP contribution in [0.25, 0.3) is 0 Å². The molecule has 1 amide bonds. The van der Waals surface area contributed by atoms with Crippen molar-refractivity contribution in [3.05, 3.63) is 59.7 Å². The fourth-order valence-corrected chi connectivity index (χ4v) is 2.43. The fourth-order valence-electron chi connectivity index (χ4n) is 2.43. The lowest BCUT2D eigenvalue weighted by Crippen LogP contribution is -2.25. The molecule has 2 aromatic carbocycles. The first-order valence-electron chi connectivity index (χ1n) is 8.32. The van der Waals surface area contributed by atoms with Gasteiger partial charge in [0.25, 0.3) is 5.91 Å². The van der Waals surface area contributed by atoms with E-state index in [9.17, 15) is 4.79 Å². The highest BCUT2D eigenvalue weighted by atomic mass is 16.5. The zero-order valence-corrected chi connectivity index (χ0v) is 15.0. The number of carbonyl (C=O) groups is 1. The maximum atomic E-state index is 12.2. The summed E-state index contributed by atoms with van der Waals surface area (Å²) in [4.78, 5) is 12.2. The normalized spacial score (nSPS) is 11.6. The van der Waals surface area contributed by atoms with E-state index in [-0.39, 0.29) is 12.0 Å². The van der Waals surface area contributed by atoms with E-state index in [1.54, 1.807) is 32.4 Å². The summed E-state index contributed by atoms with van der Waals surface area (Å²) in [5, 5.41) is 2.89. The van der Waals surface area contributed by atoms with E-state index < -0.39 is 0 Å². The molecule has 5 heteroatoms. The first-order chi connectivity index (χ1) is 12.2. The summed E-state index contributed by atoms with van der Waals surface area (Å²) in [5.41, 5.74) is 1.69. The molecule has 0 saturated carbocycles. The lowest BCUT2D eigenvalue weighted by molar-refractivity contribution is 0.0635. The van der Waals surface area contributed by atoms with Crippen molar-refractivity contribution in [1.29, 1.82) is 0 Å². The van der Waals surface area contributed by atoms with Gasteiger partial charge in [-0.15, -0.1) is 0 Å². The molecule has 0 fully saturated rings. The molecule has 134 valence electrons. The van der Waals surface area contributed by atoms with Crippen LogP contribution in [0.15, 0.2) is 48.5 Å². The van der Waals surface area contributed by atoms with Crippen molar-refractivity contribution in [2.24, 2.45) is 0 Å². The van der Waals surface area contributed by atoms with Crippen LogP contribution >= 0.6 is 0 Å². The first-order valence-corrected chi connectivity index (χ1v) is 8.32. The van der Waals surface area contributed by atoms with Gasteiger partial charge in [-0.1, -0.05) is 30.3 Å². The monoisotopic (exact) mass is 343 g/mol. The van der Waals surface area contributed by atoms with E-state index in [1.807, 2.05) is 37.3 Å². The van der Waals surface area contributed by atoms with Gasteiger partial charge in [0.1, 0.15) is 0 Å². The highest BCUT2D eigenvalue weighted by molar-refractivity contribution is 5.94. The Balaban J connectivity index is 1.74. The zero-order valence-electron chi connectivity index (χ0n) is 15.0. The fraction of sp³-hybridized carbons (Fsp3) is 0.350. The number of methoxy groups -OCH3 is 2. The Morgan fingerprint density at radius 1 is 1.04 bits per heavy atom. The van der Waals surface area contributed by atoms with Gasteiger partial charge in [-0.3, -0.25) is 4.79 Å². The first kappa shape index (κ1) is 18.8. The average molecular weight is 343 g/mol. The van der Waals surface area contributed by atoms with Gasteiger partial charge in [-0.25, -0.2) is 0 Å².